The fourth-order valence-electron chi connectivity index (χ4n) is 2.94. The lowest BCUT2D eigenvalue weighted by Gasteiger charge is -2.35. The SMILES string of the molecule is COc1ccc(S(=O)(=O)N2CCNCC2c2cccnc2)cc1OC. The van der Waals surface area contributed by atoms with Crippen LogP contribution in [0.15, 0.2) is 47.6 Å². The summed E-state index contributed by atoms with van der Waals surface area (Å²) in [6.07, 6.45) is 3.38. The molecule has 0 spiro atoms. The number of piperazine rings is 1. The molecule has 1 aliphatic heterocycles. The molecule has 1 aromatic carbocycles. The molecule has 0 bridgehead atoms. The Morgan fingerprint density at radius 3 is 2.68 bits per heavy atom. The molecule has 1 fully saturated rings. The van der Waals surface area contributed by atoms with Crippen LogP contribution in [0.25, 0.3) is 0 Å². The van der Waals surface area contributed by atoms with Crippen molar-refractivity contribution in [2.75, 3.05) is 33.9 Å². The van der Waals surface area contributed by atoms with Crippen LogP contribution in [0.5, 0.6) is 11.5 Å². The summed E-state index contributed by atoms with van der Waals surface area (Å²) in [7, 11) is -0.689. The number of ether oxygens (including phenoxy) is 2. The maximum Gasteiger partial charge on any atom is 0.243 e. The molecular weight excluding hydrogens is 342 g/mol. The van der Waals surface area contributed by atoms with Crippen molar-refractivity contribution < 1.29 is 17.9 Å². The van der Waals surface area contributed by atoms with Gasteiger partial charge in [-0.2, -0.15) is 4.31 Å². The Kier molecular flexibility index (Phi) is 5.22. The van der Waals surface area contributed by atoms with Crippen molar-refractivity contribution in [1.29, 1.82) is 0 Å². The number of sulfonamides is 1. The zero-order chi connectivity index (χ0) is 17.9. The second-order valence-electron chi connectivity index (χ2n) is 5.64. The smallest absolute Gasteiger partial charge is 0.243 e. The van der Waals surface area contributed by atoms with Crippen molar-refractivity contribution in [2.24, 2.45) is 0 Å². The van der Waals surface area contributed by atoms with Gasteiger partial charge in [-0.1, -0.05) is 6.07 Å². The van der Waals surface area contributed by atoms with Crippen LogP contribution in [0.1, 0.15) is 11.6 Å². The molecule has 2 aromatic rings. The Balaban J connectivity index is 2.00. The van der Waals surface area contributed by atoms with Crippen molar-refractivity contribution in [1.82, 2.24) is 14.6 Å². The predicted octanol–water partition coefficient (Wildman–Crippen LogP) is 1.43. The summed E-state index contributed by atoms with van der Waals surface area (Å²) in [6.45, 7) is 1.53. The Morgan fingerprint density at radius 2 is 2.00 bits per heavy atom. The van der Waals surface area contributed by atoms with Crippen molar-refractivity contribution in [2.45, 2.75) is 10.9 Å². The standard InChI is InChI=1S/C17H21N3O4S/c1-23-16-6-5-14(10-17(16)24-2)25(21,22)20-9-8-19-12-15(20)13-4-3-7-18-11-13/h3-7,10-11,15,19H,8-9,12H2,1-2H3. The Labute approximate surface area is 147 Å². The molecule has 134 valence electrons. The first-order valence-corrected chi connectivity index (χ1v) is 9.36. The molecule has 7 nitrogen and oxygen atoms in total. The summed E-state index contributed by atoms with van der Waals surface area (Å²) in [6, 6.07) is 8.04. The third kappa shape index (κ3) is 3.46. The summed E-state index contributed by atoms with van der Waals surface area (Å²) in [5.74, 6) is 0.877. The highest BCUT2D eigenvalue weighted by Crippen LogP contribution is 2.33. The number of nitrogens with one attached hydrogen (secondary N) is 1. The molecule has 0 amide bonds. The second kappa shape index (κ2) is 7.38. The fraction of sp³-hybridized carbons (Fsp3) is 0.353. The van der Waals surface area contributed by atoms with Gasteiger partial charge in [-0.05, 0) is 23.8 Å². The van der Waals surface area contributed by atoms with E-state index in [-0.39, 0.29) is 10.9 Å². The molecule has 8 heteroatoms. The highest BCUT2D eigenvalue weighted by Gasteiger charge is 2.35. The van der Waals surface area contributed by atoms with Crippen molar-refractivity contribution in [3.05, 3.63) is 48.3 Å². The van der Waals surface area contributed by atoms with Crippen LogP contribution in [0.4, 0.5) is 0 Å². The summed E-state index contributed by atoms with van der Waals surface area (Å²) >= 11 is 0. The Morgan fingerprint density at radius 1 is 1.20 bits per heavy atom. The van der Waals surface area contributed by atoms with Gasteiger partial charge < -0.3 is 14.8 Å². The number of nitrogens with zero attached hydrogens (tertiary/aromatic N) is 2. The highest BCUT2D eigenvalue weighted by atomic mass is 32.2. The number of methoxy groups -OCH3 is 2. The molecule has 0 radical (unpaired) electrons. The van der Waals surface area contributed by atoms with E-state index in [1.165, 1.54) is 24.6 Å². The average Bonchev–Trinajstić information content (AvgIpc) is 2.68. The fourth-order valence-corrected chi connectivity index (χ4v) is 4.57. The van der Waals surface area contributed by atoms with Gasteiger partial charge in [0.15, 0.2) is 11.5 Å². The third-order valence-corrected chi connectivity index (χ3v) is 6.13. The number of pyridine rings is 1. The van der Waals surface area contributed by atoms with E-state index < -0.39 is 10.0 Å². The molecule has 1 saturated heterocycles. The molecule has 25 heavy (non-hydrogen) atoms. The van der Waals surface area contributed by atoms with Gasteiger partial charge in [0, 0.05) is 38.1 Å². The minimum Gasteiger partial charge on any atom is -0.493 e. The third-order valence-electron chi connectivity index (χ3n) is 4.23. The quantitative estimate of drug-likeness (QED) is 0.866. The topological polar surface area (TPSA) is 80.8 Å². The van der Waals surface area contributed by atoms with Gasteiger partial charge in [-0.25, -0.2) is 8.42 Å². The van der Waals surface area contributed by atoms with E-state index >= 15 is 0 Å². The van der Waals surface area contributed by atoms with Crippen LogP contribution >= 0.6 is 0 Å². The molecule has 1 N–H and O–H groups in total. The lowest BCUT2D eigenvalue weighted by molar-refractivity contribution is 0.271. The van der Waals surface area contributed by atoms with Gasteiger partial charge in [0.2, 0.25) is 10.0 Å². The molecule has 1 aliphatic rings. The lowest BCUT2D eigenvalue weighted by atomic mass is 10.1. The molecule has 0 saturated carbocycles. The van der Waals surface area contributed by atoms with E-state index in [0.29, 0.717) is 31.1 Å². The van der Waals surface area contributed by atoms with E-state index in [2.05, 4.69) is 10.3 Å². The van der Waals surface area contributed by atoms with Crippen LogP contribution in [-0.2, 0) is 10.0 Å². The first-order chi connectivity index (χ1) is 12.1. The lowest BCUT2D eigenvalue weighted by Crippen LogP contribution is -2.48. The summed E-state index contributed by atoms with van der Waals surface area (Å²) < 4.78 is 38.4. The van der Waals surface area contributed by atoms with Crippen LogP contribution in [-0.4, -0.2) is 51.6 Å². The minimum atomic E-state index is -3.69. The minimum absolute atomic E-state index is 0.181. The maximum absolute atomic E-state index is 13.2. The number of hydrogen-bond acceptors (Lipinski definition) is 6. The summed E-state index contributed by atoms with van der Waals surface area (Å²) in [5, 5.41) is 3.25. The van der Waals surface area contributed by atoms with E-state index in [0.717, 1.165) is 5.56 Å². The Hall–Kier alpha value is -2.16. The largest absolute Gasteiger partial charge is 0.493 e. The molecule has 1 unspecified atom stereocenters. The van der Waals surface area contributed by atoms with Crippen LogP contribution < -0.4 is 14.8 Å². The zero-order valence-corrected chi connectivity index (χ0v) is 15.0. The predicted molar refractivity (Wildman–Crippen MR) is 93.3 cm³/mol. The Bertz CT molecular complexity index is 827. The first kappa shape index (κ1) is 17.7. The van der Waals surface area contributed by atoms with Crippen LogP contribution in [0.2, 0.25) is 0 Å². The van der Waals surface area contributed by atoms with Crippen molar-refractivity contribution >= 4 is 10.0 Å². The number of benzene rings is 1. The van der Waals surface area contributed by atoms with Gasteiger partial charge in [-0.15, -0.1) is 0 Å². The van der Waals surface area contributed by atoms with Crippen molar-refractivity contribution in [3.8, 4) is 11.5 Å². The molecule has 2 heterocycles. The van der Waals surface area contributed by atoms with Gasteiger partial charge in [0.1, 0.15) is 0 Å². The average molecular weight is 363 g/mol. The molecule has 1 atom stereocenters. The van der Waals surface area contributed by atoms with E-state index in [4.69, 9.17) is 9.47 Å². The first-order valence-electron chi connectivity index (χ1n) is 7.92. The number of rotatable bonds is 5. The number of aromatic nitrogens is 1. The highest BCUT2D eigenvalue weighted by molar-refractivity contribution is 7.89. The van der Waals surface area contributed by atoms with Crippen LogP contribution in [0.3, 0.4) is 0 Å². The summed E-state index contributed by atoms with van der Waals surface area (Å²) in [4.78, 5) is 4.29. The van der Waals surface area contributed by atoms with Gasteiger partial charge in [0.05, 0.1) is 25.2 Å². The van der Waals surface area contributed by atoms with E-state index in [9.17, 15) is 8.42 Å². The molecule has 0 aliphatic carbocycles. The summed E-state index contributed by atoms with van der Waals surface area (Å²) in [5.41, 5.74) is 0.860. The zero-order valence-electron chi connectivity index (χ0n) is 14.2. The maximum atomic E-state index is 13.2. The molecule has 3 rings (SSSR count). The van der Waals surface area contributed by atoms with Gasteiger partial charge in [-0.3, -0.25) is 4.98 Å². The van der Waals surface area contributed by atoms with E-state index in [1.807, 2.05) is 12.1 Å². The van der Waals surface area contributed by atoms with Gasteiger partial charge >= 0.3 is 0 Å². The van der Waals surface area contributed by atoms with Gasteiger partial charge in [0.25, 0.3) is 0 Å². The van der Waals surface area contributed by atoms with E-state index in [1.54, 1.807) is 24.5 Å². The van der Waals surface area contributed by atoms with Crippen molar-refractivity contribution in [3.63, 3.8) is 0 Å². The molecular formula is C17H21N3O4S. The molecule has 1 aromatic heterocycles. The number of hydrogen-bond donors (Lipinski definition) is 1. The normalized spacial score (nSPS) is 18.7. The monoisotopic (exact) mass is 363 g/mol. The van der Waals surface area contributed by atoms with Crippen LogP contribution in [0, 0.1) is 0 Å². The second-order valence-corrected chi connectivity index (χ2v) is 7.53.